The lowest BCUT2D eigenvalue weighted by molar-refractivity contribution is -0.524. The van der Waals surface area contributed by atoms with Crippen LogP contribution in [-0.4, -0.2) is 78.0 Å². The molecule has 2 fully saturated rings. The Balaban J connectivity index is 1.26. The average molecular weight is 523 g/mol. The Morgan fingerprint density at radius 1 is 1.03 bits per heavy atom. The van der Waals surface area contributed by atoms with Crippen molar-refractivity contribution in [1.29, 1.82) is 0 Å². The van der Waals surface area contributed by atoms with Crippen LogP contribution in [0.15, 0.2) is 54.6 Å². The maximum absolute atomic E-state index is 13.6. The third kappa shape index (κ3) is 5.23. The number of hydrogen-bond acceptors (Lipinski definition) is 3. The number of carbonyl (C=O) groups is 1. The van der Waals surface area contributed by atoms with Crippen molar-refractivity contribution in [1.82, 2.24) is 9.47 Å². The Bertz CT molecular complexity index is 1310. The first kappa shape index (κ1) is 25.3. The second-order valence-corrected chi connectivity index (χ2v) is 10.4. The van der Waals surface area contributed by atoms with Gasteiger partial charge in [0, 0.05) is 44.1 Å². The van der Waals surface area contributed by atoms with E-state index < -0.39 is 0 Å². The normalized spacial score (nSPS) is 18.4. The van der Waals surface area contributed by atoms with Gasteiger partial charge >= 0.3 is 0 Å². The van der Waals surface area contributed by atoms with Crippen LogP contribution in [0.1, 0.15) is 28.7 Å². The van der Waals surface area contributed by atoms with Gasteiger partial charge in [-0.25, -0.2) is 8.97 Å². The van der Waals surface area contributed by atoms with Crippen molar-refractivity contribution in [2.45, 2.75) is 19.9 Å². The maximum Gasteiger partial charge on any atom is 0.270 e. The van der Waals surface area contributed by atoms with Crippen LogP contribution in [0.25, 0.3) is 0 Å². The Morgan fingerprint density at radius 2 is 1.73 bits per heavy atom. The number of aromatic nitrogens is 1. The molecule has 2 aliphatic rings. The number of piperazine rings is 2. The Kier molecular flexibility index (Phi) is 7.24. The number of carbonyl (C=O) groups excluding carboxylic acids is 1. The van der Waals surface area contributed by atoms with E-state index in [1.165, 1.54) is 12.1 Å². The summed E-state index contributed by atoms with van der Waals surface area (Å²) in [5, 5.41) is 0.787. The summed E-state index contributed by atoms with van der Waals surface area (Å²) in [6, 6.07) is 16.6. The molecule has 3 heterocycles. The first-order chi connectivity index (χ1) is 17.8. The lowest BCUT2D eigenvalue weighted by Crippen LogP contribution is -2.54. The maximum atomic E-state index is 13.6. The summed E-state index contributed by atoms with van der Waals surface area (Å²) >= 11 is 6.40. The zero-order valence-electron chi connectivity index (χ0n) is 21.7. The number of anilines is 2. The molecule has 194 valence electrons. The number of rotatable bonds is 4. The largest absolute Gasteiger partial charge is 0.368 e. The number of halogens is 2. The molecule has 2 aromatic carbocycles. The first-order valence-electron chi connectivity index (χ1n) is 12.9. The molecule has 0 radical (unpaired) electrons. The Hall–Kier alpha value is -3.32. The van der Waals surface area contributed by atoms with Crippen molar-refractivity contribution in [2.75, 3.05) is 55.6 Å². The van der Waals surface area contributed by atoms with E-state index in [4.69, 9.17) is 11.6 Å². The van der Waals surface area contributed by atoms with E-state index in [-0.39, 0.29) is 17.8 Å². The molecule has 3 aromatic rings. The Morgan fingerprint density at radius 3 is 2.41 bits per heavy atom. The fraction of sp³-hybridized carbons (Fsp3) is 0.379. The molecule has 2 saturated heterocycles. The van der Waals surface area contributed by atoms with Crippen molar-refractivity contribution >= 4 is 35.1 Å². The van der Waals surface area contributed by atoms with Crippen LogP contribution in [0.3, 0.4) is 0 Å². The number of amides is 1. The van der Waals surface area contributed by atoms with Crippen LogP contribution in [-0.2, 0) is 7.05 Å². The molecule has 1 aromatic heterocycles. The highest BCUT2D eigenvalue weighted by molar-refractivity contribution is 6.33. The SMILES string of the molecule is Cc1c(C=[N+]2CCN(c3ccccc3Cl)CC2)cc(C(=O)N2CCN(c3ccc(F)cc3)C[C@@H]2C)n1C. The third-order valence-corrected chi connectivity index (χ3v) is 8.02. The smallest absolute Gasteiger partial charge is 0.270 e. The molecule has 2 aliphatic heterocycles. The summed E-state index contributed by atoms with van der Waals surface area (Å²) in [5.74, 6) is -0.181. The van der Waals surface area contributed by atoms with Gasteiger partial charge < -0.3 is 19.3 Å². The molecule has 0 unspecified atom stereocenters. The molecule has 0 bridgehead atoms. The van der Waals surface area contributed by atoms with Crippen LogP contribution in [0.4, 0.5) is 15.8 Å². The van der Waals surface area contributed by atoms with Crippen molar-refractivity contribution in [3.05, 3.63) is 82.4 Å². The van der Waals surface area contributed by atoms with E-state index in [9.17, 15) is 9.18 Å². The molecule has 0 aliphatic carbocycles. The summed E-state index contributed by atoms with van der Waals surface area (Å²) in [7, 11) is 1.97. The lowest BCUT2D eigenvalue weighted by atomic mass is 10.1. The fourth-order valence-electron chi connectivity index (χ4n) is 5.35. The summed E-state index contributed by atoms with van der Waals surface area (Å²) in [4.78, 5) is 20.1. The van der Waals surface area contributed by atoms with E-state index in [0.29, 0.717) is 12.2 Å². The van der Waals surface area contributed by atoms with Gasteiger partial charge in [0.1, 0.15) is 11.5 Å². The van der Waals surface area contributed by atoms with Gasteiger partial charge in [0.05, 0.1) is 29.4 Å². The van der Waals surface area contributed by atoms with E-state index in [1.54, 1.807) is 12.1 Å². The van der Waals surface area contributed by atoms with Gasteiger partial charge in [-0.3, -0.25) is 4.79 Å². The molecule has 0 spiro atoms. The van der Waals surface area contributed by atoms with Crippen LogP contribution in [0.5, 0.6) is 0 Å². The van der Waals surface area contributed by atoms with Crippen LogP contribution < -0.4 is 9.80 Å². The van der Waals surface area contributed by atoms with Gasteiger partial charge in [0.25, 0.3) is 5.91 Å². The minimum Gasteiger partial charge on any atom is -0.368 e. The molecule has 6 nitrogen and oxygen atoms in total. The van der Waals surface area contributed by atoms with E-state index in [2.05, 4.69) is 40.5 Å². The van der Waals surface area contributed by atoms with Crippen LogP contribution in [0, 0.1) is 12.7 Å². The average Bonchev–Trinajstić information content (AvgIpc) is 3.18. The number of hydrogen-bond donors (Lipinski definition) is 0. The van der Waals surface area contributed by atoms with E-state index in [0.717, 1.165) is 66.9 Å². The van der Waals surface area contributed by atoms with Gasteiger partial charge in [0.15, 0.2) is 19.3 Å². The summed E-state index contributed by atoms with van der Waals surface area (Å²) < 4.78 is 17.7. The molecule has 1 atom stereocenters. The topological polar surface area (TPSA) is 34.7 Å². The molecule has 8 heteroatoms. The lowest BCUT2D eigenvalue weighted by Gasteiger charge is -2.41. The monoisotopic (exact) mass is 522 g/mol. The highest BCUT2D eigenvalue weighted by Crippen LogP contribution is 2.26. The van der Waals surface area contributed by atoms with Crippen molar-refractivity contribution in [3.8, 4) is 0 Å². The van der Waals surface area contributed by atoms with Crippen LogP contribution >= 0.6 is 11.6 Å². The van der Waals surface area contributed by atoms with E-state index in [1.807, 2.05) is 40.8 Å². The zero-order chi connectivity index (χ0) is 26.1. The molecule has 0 saturated carbocycles. The minimum atomic E-state index is -0.236. The molecular weight excluding hydrogens is 489 g/mol. The summed E-state index contributed by atoms with van der Waals surface area (Å²) in [6.07, 6.45) is 2.19. The van der Waals surface area contributed by atoms with Gasteiger partial charge in [-0.15, -0.1) is 0 Å². The van der Waals surface area contributed by atoms with Gasteiger partial charge in [-0.05, 0) is 56.3 Å². The zero-order valence-corrected chi connectivity index (χ0v) is 22.5. The molecule has 0 N–H and O–H groups in total. The van der Waals surface area contributed by atoms with Crippen molar-refractivity contribution in [2.24, 2.45) is 7.05 Å². The quantitative estimate of drug-likeness (QED) is 0.476. The highest BCUT2D eigenvalue weighted by atomic mass is 35.5. The standard InChI is InChI=1S/C29H34ClFN5O/c1-21-19-35(25-10-8-24(31)9-11-25)16-17-36(21)29(37)28-18-23(22(2)32(28)3)20-33-12-14-34(15-13-33)27-7-5-4-6-26(27)30/h4-11,18,20-21H,12-17,19H2,1-3H3/q+1/t21-/m0/s1. The predicted octanol–water partition coefficient (Wildman–Crippen LogP) is 4.43. The molecule has 37 heavy (non-hydrogen) atoms. The Labute approximate surface area is 223 Å². The number of nitrogens with zero attached hydrogens (tertiary/aromatic N) is 5. The summed E-state index contributed by atoms with van der Waals surface area (Å²) in [6.45, 7) is 9.80. The minimum absolute atomic E-state index is 0.0480. The molecule has 5 rings (SSSR count). The highest BCUT2D eigenvalue weighted by Gasteiger charge is 2.31. The molecular formula is C29H34ClFN5O+. The van der Waals surface area contributed by atoms with Gasteiger partial charge in [0.2, 0.25) is 0 Å². The third-order valence-electron chi connectivity index (χ3n) is 7.70. The van der Waals surface area contributed by atoms with Gasteiger partial charge in [-0.1, -0.05) is 23.7 Å². The molecule has 1 amide bonds. The first-order valence-corrected chi connectivity index (χ1v) is 13.3. The predicted molar refractivity (Wildman–Crippen MR) is 148 cm³/mol. The number of benzene rings is 2. The fourth-order valence-corrected chi connectivity index (χ4v) is 5.60. The number of para-hydroxylation sites is 1. The second kappa shape index (κ2) is 10.6. The second-order valence-electron chi connectivity index (χ2n) is 10.0. The van der Waals surface area contributed by atoms with Crippen molar-refractivity contribution < 1.29 is 13.8 Å². The van der Waals surface area contributed by atoms with Crippen molar-refractivity contribution in [3.63, 3.8) is 0 Å². The van der Waals surface area contributed by atoms with Gasteiger partial charge in [-0.2, -0.15) is 0 Å². The summed E-state index contributed by atoms with van der Waals surface area (Å²) in [5.41, 5.74) is 4.94. The van der Waals surface area contributed by atoms with E-state index >= 15 is 0 Å². The van der Waals surface area contributed by atoms with Crippen LogP contribution in [0.2, 0.25) is 5.02 Å².